The van der Waals surface area contributed by atoms with Crippen LogP contribution in [0.5, 0.6) is 0 Å². The molecule has 1 aliphatic heterocycles. The molecule has 1 aliphatic rings. The average molecular weight is 462 g/mol. The number of hydrogen-bond acceptors (Lipinski definition) is 6. The molecule has 32 heavy (non-hydrogen) atoms. The number of morpholine rings is 1. The Morgan fingerprint density at radius 3 is 2.50 bits per heavy atom. The van der Waals surface area contributed by atoms with E-state index in [2.05, 4.69) is 10.6 Å². The molecule has 3 rings (SSSR count). The zero-order valence-electron chi connectivity index (χ0n) is 17.2. The highest BCUT2D eigenvalue weighted by molar-refractivity contribution is 6.04. The standard InChI is InChI=1S/C21H23N5O5.ClH/c1-12(27)24-15-3-2-4-16(11-15)26-9-10-31-18(21(26)30)17(28)20(29)25-14-7-5-13(6-8-14)19(22)23;/h2-8,11,17-18,28H,9-10H2,1H3,(H3,22,23)(H,24,27)(H,25,29);1H/t17-,18-;/m1./s1. The van der Waals surface area contributed by atoms with Crippen LogP contribution in [0.25, 0.3) is 0 Å². The Morgan fingerprint density at radius 2 is 1.88 bits per heavy atom. The van der Waals surface area contributed by atoms with Gasteiger partial charge in [-0.1, -0.05) is 6.07 Å². The van der Waals surface area contributed by atoms with Gasteiger partial charge in [-0.25, -0.2) is 0 Å². The third kappa shape index (κ3) is 5.82. The number of carbonyl (C=O) groups is 3. The summed E-state index contributed by atoms with van der Waals surface area (Å²) >= 11 is 0. The Kier molecular flexibility index (Phi) is 8.30. The fraction of sp³-hybridized carbons (Fsp3) is 0.238. The molecule has 2 aromatic carbocycles. The van der Waals surface area contributed by atoms with Crippen molar-refractivity contribution >= 4 is 53.0 Å². The van der Waals surface area contributed by atoms with Gasteiger partial charge < -0.3 is 31.1 Å². The van der Waals surface area contributed by atoms with E-state index < -0.39 is 24.0 Å². The summed E-state index contributed by atoms with van der Waals surface area (Å²) in [5, 5.41) is 23.0. The first-order valence-electron chi connectivity index (χ1n) is 9.50. The number of anilines is 3. The van der Waals surface area contributed by atoms with Crippen LogP contribution in [0.2, 0.25) is 0 Å². The number of aliphatic hydroxyl groups is 1. The summed E-state index contributed by atoms with van der Waals surface area (Å²) in [4.78, 5) is 38.1. The van der Waals surface area contributed by atoms with Gasteiger partial charge in [-0.2, -0.15) is 0 Å². The first-order chi connectivity index (χ1) is 14.8. The Hall–Kier alpha value is -3.47. The monoisotopic (exact) mass is 461 g/mol. The van der Waals surface area contributed by atoms with Crippen LogP contribution in [0, 0.1) is 5.41 Å². The van der Waals surface area contributed by atoms with E-state index in [0.29, 0.717) is 22.6 Å². The van der Waals surface area contributed by atoms with Gasteiger partial charge in [0.2, 0.25) is 5.91 Å². The number of nitrogens with two attached hydrogens (primary N) is 1. The number of nitrogens with zero attached hydrogens (tertiary/aromatic N) is 1. The predicted octanol–water partition coefficient (Wildman–Crippen LogP) is 1.08. The van der Waals surface area contributed by atoms with Crippen molar-refractivity contribution in [3.05, 3.63) is 54.1 Å². The van der Waals surface area contributed by atoms with E-state index in [-0.39, 0.29) is 37.3 Å². The number of benzene rings is 2. The molecule has 0 radical (unpaired) electrons. The molecule has 0 spiro atoms. The Balaban J connectivity index is 0.00000363. The number of halogens is 1. The second-order valence-electron chi connectivity index (χ2n) is 6.94. The molecule has 0 unspecified atom stereocenters. The lowest BCUT2D eigenvalue weighted by Crippen LogP contribution is -2.55. The Morgan fingerprint density at radius 1 is 1.19 bits per heavy atom. The molecule has 170 valence electrons. The first-order valence-corrected chi connectivity index (χ1v) is 9.50. The van der Waals surface area contributed by atoms with E-state index in [1.807, 2.05) is 0 Å². The number of aliphatic hydroxyl groups excluding tert-OH is 1. The van der Waals surface area contributed by atoms with Crippen molar-refractivity contribution in [2.24, 2.45) is 5.73 Å². The van der Waals surface area contributed by atoms with Crippen molar-refractivity contribution in [2.45, 2.75) is 19.1 Å². The highest BCUT2D eigenvalue weighted by Crippen LogP contribution is 2.24. The lowest BCUT2D eigenvalue weighted by atomic mass is 10.1. The number of rotatable bonds is 6. The van der Waals surface area contributed by atoms with Crippen molar-refractivity contribution in [2.75, 3.05) is 28.7 Å². The summed E-state index contributed by atoms with van der Waals surface area (Å²) in [6.07, 6.45) is -3.11. The highest BCUT2D eigenvalue weighted by Gasteiger charge is 2.39. The predicted molar refractivity (Wildman–Crippen MR) is 122 cm³/mol. The van der Waals surface area contributed by atoms with Crippen LogP contribution in [0.4, 0.5) is 17.1 Å². The van der Waals surface area contributed by atoms with Gasteiger partial charge >= 0.3 is 0 Å². The number of ether oxygens (including phenoxy) is 1. The molecule has 11 heteroatoms. The molecule has 0 bridgehead atoms. The molecule has 0 aromatic heterocycles. The molecular weight excluding hydrogens is 438 g/mol. The third-order valence-electron chi connectivity index (χ3n) is 4.62. The molecule has 10 nitrogen and oxygen atoms in total. The zero-order valence-corrected chi connectivity index (χ0v) is 18.0. The molecule has 2 atom stereocenters. The van der Waals surface area contributed by atoms with Crippen molar-refractivity contribution in [1.29, 1.82) is 5.41 Å². The minimum Gasteiger partial charge on any atom is -0.384 e. The maximum absolute atomic E-state index is 12.9. The second-order valence-corrected chi connectivity index (χ2v) is 6.94. The van der Waals surface area contributed by atoms with E-state index in [1.54, 1.807) is 36.4 Å². The summed E-state index contributed by atoms with van der Waals surface area (Å²) in [7, 11) is 0. The third-order valence-corrected chi connectivity index (χ3v) is 4.62. The summed E-state index contributed by atoms with van der Waals surface area (Å²) in [5.41, 5.74) is 7.29. The molecular formula is C21H24ClN5O5. The van der Waals surface area contributed by atoms with Crippen LogP contribution >= 0.6 is 12.4 Å². The maximum atomic E-state index is 12.9. The van der Waals surface area contributed by atoms with Gasteiger partial charge in [0.1, 0.15) is 5.84 Å². The molecule has 1 fully saturated rings. The number of amidine groups is 1. The number of nitrogens with one attached hydrogen (secondary N) is 3. The summed E-state index contributed by atoms with van der Waals surface area (Å²) < 4.78 is 5.39. The fourth-order valence-corrected chi connectivity index (χ4v) is 3.13. The van der Waals surface area contributed by atoms with Crippen LogP contribution in [0.15, 0.2) is 48.5 Å². The summed E-state index contributed by atoms with van der Waals surface area (Å²) in [5.74, 6) is -1.72. The molecule has 3 amide bonds. The van der Waals surface area contributed by atoms with Gasteiger partial charge in [0.05, 0.1) is 6.61 Å². The fourth-order valence-electron chi connectivity index (χ4n) is 3.13. The minimum atomic E-state index is -1.73. The lowest BCUT2D eigenvalue weighted by Gasteiger charge is -2.34. The van der Waals surface area contributed by atoms with Gasteiger partial charge in [-0.05, 0) is 42.5 Å². The van der Waals surface area contributed by atoms with Crippen molar-refractivity contribution < 1.29 is 24.2 Å². The molecule has 1 heterocycles. The van der Waals surface area contributed by atoms with Crippen LogP contribution in [0.3, 0.4) is 0 Å². The lowest BCUT2D eigenvalue weighted by molar-refractivity contribution is -0.150. The van der Waals surface area contributed by atoms with Crippen LogP contribution < -0.4 is 21.3 Å². The van der Waals surface area contributed by atoms with E-state index >= 15 is 0 Å². The largest absolute Gasteiger partial charge is 0.384 e. The van der Waals surface area contributed by atoms with Crippen molar-refractivity contribution in [1.82, 2.24) is 0 Å². The smallest absolute Gasteiger partial charge is 0.259 e. The van der Waals surface area contributed by atoms with Gasteiger partial charge in [0.25, 0.3) is 11.8 Å². The maximum Gasteiger partial charge on any atom is 0.259 e. The van der Waals surface area contributed by atoms with E-state index in [4.69, 9.17) is 15.9 Å². The molecule has 1 saturated heterocycles. The van der Waals surface area contributed by atoms with Gasteiger partial charge in [0.15, 0.2) is 12.2 Å². The molecule has 2 aromatic rings. The van der Waals surface area contributed by atoms with E-state index in [9.17, 15) is 19.5 Å². The van der Waals surface area contributed by atoms with Crippen LogP contribution in [-0.2, 0) is 19.1 Å². The molecule has 0 saturated carbocycles. The van der Waals surface area contributed by atoms with Crippen molar-refractivity contribution in [3.63, 3.8) is 0 Å². The van der Waals surface area contributed by atoms with E-state index in [1.165, 1.54) is 24.0 Å². The van der Waals surface area contributed by atoms with E-state index in [0.717, 1.165) is 0 Å². The SMILES string of the molecule is CC(=O)Nc1cccc(N2CCO[C@H]([C@@H](O)C(=O)Nc3ccc(C(=N)N)cc3)C2=O)c1.Cl. The average Bonchev–Trinajstić information content (AvgIpc) is 2.73. The number of nitrogen functional groups attached to an aromatic ring is 1. The van der Waals surface area contributed by atoms with Gasteiger partial charge in [0, 0.05) is 36.1 Å². The minimum absolute atomic E-state index is 0. The van der Waals surface area contributed by atoms with Gasteiger partial charge in [-0.15, -0.1) is 12.4 Å². The zero-order chi connectivity index (χ0) is 22.5. The molecule has 0 aliphatic carbocycles. The topological polar surface area (TPSA) is 158 Å². The highest BCUT2D eigenvalue weighted by atomic mass is 35.5. The summed E-state index contributed by atoms with van der Waals surface area (Å²) in [6, 6.07) is 12.9. The Labute approximate surface area is 190 Å². The van der Waals surface area contributed by atoms with Crippen LogP contribution in [-0.4, -0.2) is 54.0 Å². The Bertz CT molecular complexity index is 1010. The first kappa shape index (κ1) is 24.8. The number of hydrogen-bond donors (Lipinski definition) is 5. The van der Waals surface area contributed by atoms with Gasteiger partial charge in [-0.3, -0.25) is 19.8 Å². The number of amides is 3. The quantitative estimate of drug-likeness (QED) is 0.320. The second kappa shape index (κ2) is 10.7. The normalized spacial score (nSPS) is 16.5. The van der Waals surface area contributed by atoms with Crippen LogP contribution in [0.1, 0.15) is 12.5 Å². The number of carbonyl (C=O) groups excluding carboxylic acids is 3. The van der Waals surface area contributed by atoms with Crippen molar-refractivity contribution in [3.8, 4) is 0 Å². The molecule has 6 N–H and O–H groups in total. The summed E-state index contributed by atoms with van der Waals surface area (Å²) in [6.45, 7) is 1.74.